The first kappa shape index (κ1) is 20.0. The number of nitrogen functional groups attached to an aromatic ring is 1. The number of hydrogen-bond acceptors (Lipinski definition) is 6. The Morgan fingerprint density at radius 2 is 2.10 bits per heavy atom. The normalized spacial score (nSPS) is 15.9. The van der Waals surface area contributed by atoms with Crippen molar-refractivity contribution >= 4 is 23.3 Å². The van der Waals surface area contributed by atoms with Gasteiger partial charge in [0, 0.05) is 11.1 Å². The molecular formula is C22H24N6O. The summed E-state index contributed by atoms with van der Waals surface area (Å²) in [6, 6.07) is 8.33. The number of amides is 1. The third-order valence-electron chi connectivity index (χ3n) is 4.85. The van der Waals surface area contributed by atoms with Crippen molar-refractivity contribution < 1.29 is 4.79 Å². The lowest BCUT2D eigenvalue weighted by Crippen LogP contribution is -2.17. The molecule has 1 aromatic heterocycles. The van der Waals surface area contributed by atoms with E-state index < -0.39 is 5.91 Å². The molecule has 29 heavy (non-hydrogen) atoms. The molecule has 1 unspecified atom stereocenters. The minimum Gasteiger partial charge on any atom is -0.383 e. The van der Waals surface area contributed by atoms with Gasteiger partial charge in [-0.1, -0.05) is 43.0 Å². The molecule has 7 heteroatoms. The van der Waals surface area contributed by atoms with Crippen molar-refractivity contribution in [1.82, 2.24) is 9.97 Å². The van der Waals surface area contributed by atoms with Gasteiger partial charge >= 0.3 is 0 Å². The van der Waals surface area contributed by atoms with Crippen molar-refractivity contribution in [1.29, 1.82) is 5.41 Å². The number of nitrogens with one attached hydrogen (secondary N) is 2. The van der Waals surface area contributed by atoms with Crippen molar-refractivity contribution in [3.05, 3.63) is 83.2 Å². The first-order chi connectivity index (χ1) is 13.9. The average Bonchev–Trinajstić information content (AvgIpc) is 3.10. The van der Waals surface area contributed by atoms with Crippen LogP contribution >= 0.6 is 0 Å². The molecule has 1 atom stereocenters. The van der Waals surface area contributed by atoms with Crippen LogP contribution in [-0.2, 0) is 11.2 Å². The molecule has 148 valence electrons. The predicted molar refractivity (Wildman–Crippen MR) is 116 cm³/mol. The number of allylic oxidation sites excluding steroid dienone is 3. The molecule has 0 spiro atoms. The van der Waals surface area contributed by atoms with Crippen LogP contribution in [0.5, 0.6) is 0 Å². The number of carbonyl (C=O) groups excluding carboxylic acids is 1. The lowest BCUT2D eigenvalue weighted by molar-refractivity contribution is -0.114. The molecule has 7 nitrogen and oxygen atoms in total. The summed E-state index contributed by atoms with van der Waals surface area (Å²) in [5.41, 5.74) is 14.9. The minimum absolute atomic E-state index is 0.0711. The molecule has 1 heterocycles. The largest absolute Gasteiger partial charge is 0.383 e. The number of fused-ring (bicyclic) bond motifs is 1. The van der Waals surface area contributed by atoms with Crippen LogP contribution in [0.2, 0.25) is 0 Å². The molecule has 1 aliphatic rings. The maximum Gasteiger partial charge on any atom is 0.248 e. The molecule has 0 fully saturated rings. The van der Waals surface area contributed by atoms with Gasteiger partial charge in [-0.05, 0) is 37.0 Å². The van der Waals surface area contributed by atoms with E-state index in [1.807, 2.05) is 19.1 Å². The van der Waals surface area contributed by atoms with E-state index in [-0.39, 0.29) is 23.1 Å². The van der Waals surface area contributed by atoms with E-state index in [1.165, 1.54) is 23.5 Å². The first-order valence-electron chi connectivity index (χ1n) is 9.29. The Balaban J connectivity index is 1.99. The lowest BCUT2D eigenvalue weighted by Gasteiger charge is -2.19. The van der Waals surface area contributed by atoms with E-state index in [2.05, 4.69) is 34.0 Å². The van der Waals surface area contributed by atoms with Crippen LogP contribution in [0.4, 0.5) is 11.6 Å². The Bertz CT molecular complexity index is 1040. The Morgan fingerprint density at radius 3 is 2.83 bits per heavy atom. The summed E-state index contributed by atoms with van der Waals surface area (Å²) in [5.74, 6) is 0.00108. The van der Waals surface area contributed by atoms with Gasteiger partial charge in [-0.3, -0.25) is 10.2 Å². The summed E-state index contributed by atoms with van der Waals surface area (Å²) < 4.78 is 0. The van der Waals surface area contributed by atoms with Crippen LogP contribution < -0.4 is 16.8 Å². The molecule has 0 bridgehead atoms. The Labute approximate surface area is 169 Å². The van der Waals surface area contributed by atoms with Gasteiger partial charge in [-0.25, -0.2) is 9.97 Å². The molecule has 1 aliphatic carbocycles. The fraction of sp³-hybridized carbons (Fsp3) is 0.182. The van der Waals surface area contributed by atoms with E-state index in [9.17, 15) is 4.79 Å². The van der Waals surface area contributed by atoms with Crippen LogP contribution in [0.15, 0.2) is 66.5 Å². The standard InChI is InChI=1S/C22H24N6O/c1-3-6-15(11-13(2)21(25)29)19(23)18-20(24)26-12-27-22(18)28-17-10-9-14-7-4-5-8-16(14)17/h3-8,11-12,17,23H,2,9-10H2,1H3,(H2,25,29)(H3,24,26,27,28)/b6-3-,15-11+,23-19?. The van der Waals surface area contributed by atoms with E-state index >= 15 is 0 Å². The average molecular weight is 388 g/mol. The van der Waals surface area contributed by atoms with Crippen molar-refractivity contribution in [2.24, 2.45) is 5.73 Å². The highest BCUT2D eigenvalue weighted by Crippen LogP contribution is 2.35. The molecule has 6 N–H and O–H groups in total. The monoisotopic (exact) mass is 388 g/mol. The van der Waals surface area contributed by atoms with Crippen molar-refractivity contribution in [2.45, 2.75) is 25.8 Å². The Kier molecular flexibility index (Phi) is 5.87. The van der Waals surface area contributed by atoms with Gasteiger partial charge in [0.05, 0.1) is 17.3 Å². The van der Waals surface area contributed by atoms with Gasteiger partial charge in [0.2, 0.25) is 5.91 Å². The molecule has 1 amide bonds. The van der Waals surface area contributed by atoms with Gasteiger partial charge < -0.3 is 16.8 Å². The number of aromatic nitrogens is 2. The zero-order valence-corrected chi connectivity index (χ0v) is 16.3. The maximum atomic E-state index is 11.4. The summed E-state index contributed by atoms with van der Waals surface area (Å²) in [4.78, 5) is 19.8. The zero-order valence-electron chi connectivity index (χ0n) is 16.3. The summed E-state index contributed by atoms with van der Waals surface area (Å²) in [6.07, 6.45) is 8.18. The lowest BCUT2D eigenvalue weighted by atomic mass is 9.99. The highest BCUT2D eigenvalue weighted by molar-refractivity contribution is 6.18. The van der Waals surface area contributed by atoms with E-state index in [0.29, 0.717) is 17.0 Å². The second-order valence-electron chi connectivity index (χ2n) is 6.78. The number of nitrogens with two attached hydrogens (primary N) is 2. The summed E-state index contributed by atoms with van der Waals surface area (Å²) in [7, 11) is 0. The first-order valence-corrected chi connectivity index (χ1v) is 9.29. The second kappa shape index (κ2) is 8.52. The van der Waals surface area contributed by atoms with Crippen LogP contribution in [0.3, 0.4) is 0 Å². The smallest absolute Gasteiger partial charge is 0.248 e. The Hall–Kier alpha value is -3.74. The van der Waals surface area contributed by atoms with Gasteiger partial charge in [-0.15, -0.1) is 0 Å². The topological polar surface area (TPSA) is 131 Å². The van der Waals surface area contributed by atoms with Gasteiger partial charge in [0.15, 0.2) is 0 Å². The predicted octanol–water partition coefficient (Wildman–Crippen LogP) is 3.07. The minimum atomic E-state index is -0.655. The SMILES string of the molecule is C=C(/C=C(\C=C/C)C(=N)c1c(N)ncnc1NC1CCc2ccccc21)C(N)=O. The molecule has 1 aromatic carbocycles. The number of nitrogens with zero attached hydrogens (tertiary/aromatic N) is 2. The van der Waals surface area contributed by atoms with Crippen molar-refractivity contribution in [3.8, 4) is 0 Å². The fourth-order valence-corrected chi connectivity index (χ4v) is 3.41. The fourth-order valence-electron chi connectivity index (χ4n) is 3.41. The quantitative estimate of drug-likeness (QED) is 0.329. The summed E-state index contributed by atoms with van der Waals surface area (Å²) >= 11 is 0. The molecule has 3 rings (SSSR count). The highest BCUT2D eigenvalue weighted by atomic mass is 16.1. The zero-order chi connectivity index (χ0) is 21.0. The molecular weight excluding hydrogens is 364 g/mol. The van der Waals surface area contributed by atoms with Gasteiger partial charge in [0.25, 0.3) is 0 Å². The third-order valence-corrected chi connectivity index (χ3v) is 4.85. The number of benzene rings is 1. The Morgan fingerprint density at radius 1 is 1.34 bits per heavy atom. The number of aryl methyl sites for hydroxylation is 1. The van der Waals surface area contributed by atoms with E-state index in [4.69, 9.17) is 16.9 Å². The molecule has 0 saturated carbocycles. The molecule has 2 aromatic rings. The third kappa shape index (κ3) is 4.24. The number of rotatable bonds is 7. The molecule has 0 aliphatic heterocycles. The summed E-state index contributed by atoms with van der Waals surface area (Å²) in [6.45, 7) is 5.46. The second-order valence-corrected chi connectivity index (χ2v) is 6.78. The van der Waals surface area contributed by atoms with E-state index in [1.54, 1.807) is 12.2 Å². The van der Waals surface area contributed by atoms with Gasteiger partial charge in [0.1, 0.15) is 18.0 Å². The van der Waals surface area contributed by atoms with Crippen molar-refractivity contribution in [2.75, 3.05) is 11.1 Å². The van der Waals surface area contributed by atoms with Crippen LogP contribution in [-0.4, -0.2) is 21.6 Å². The number of carbonyl (C=O) groups is 1. The number of anilines is 2. The van der Waals surface area contributed by atoms with Crippen molar-refractivity contribution in [3.63, 3.8) is 0 Å². The van der Waals surface area contributed by atoms with Crippen LogP contribution in [0.1, 0.15) is 36.1 Å². The van der Waals surface area contributed by atoms with E-state index in [0.717, 1.165) is 12.8 Å². The summed E-state index contributed by atoms with van der Waals surface area (Å²) in [5, 5.41) is 12.1. The van der Waals surface area contributed by atoms with Gasteiger partial charge in [-0.2, -0.15) is 0 Å². The number of primary amides is 1. The highest BCUT2D eigenvalue weighted by Gasteiger charge is 2.25. The maximum absolute atomic E-state index is 11.4. The van der Waals surface area contributed by atoms with Crippen LogP contribution in [0, 0.1) is 5.41 Å². The molecule has 0 saturated heterocycles. The molecule has 0 radical (unpaired) electrons. The number of hydrogen-bond donors (Lipinski definition) is 4. The van der Waals surface area contributed by atoms with Crippen LogP contribution in [0.25, 0.3) is 0 Å².